The summed E-state index contributed by atoms with van der Waals surface area (Å²) < 4.78 is 5.88. The predicted molar refractivity (Wildman–Crippen MR) is 82.7 cm³/mol. The van der Waals surface area contributed by atoms with Crippen molar-refractivity contribution in [3.05, 3.63) is 42.5 Å². The average molecular weight is 267 g/mol. The lowest BCUT2D eigenvalue weighted by Gasteiger charge is -2.14. The number of hydrogen-bond acceptors (Lipinski definition) is 2. The Morgan fingerprint density at radius 2 is 1.80 bits per heavy atom. The Bertz CT molecular complexity index is 605. The second-order valence-corrected chi connectivity index (χ2v) is 5.78. The predicted octanol–water partition coefficient (Wildman–Crippen LogP) is 4.94. The number of hydrogen-bond donors (Lipinski definition) is 0. The fourth-order valence-electron chi connectivity index (χ4n) is 2.23. The van der Waals surface area contributed by atoms with Gasteiger partial charge in [-0.2, -0.15) is 5.26 Å². The standard InChI is InChI=1S/C18H21NO/c1-18(2,14-19)12-5-6-13-20-17-11-7-9-15-8-3-4-10-16(15)17/h3-4,7-11H,5-6,12-13H2,1-2H3. The number of fused-ring (bicyclic) bond motifs is 1. The summed E-state index contributed by atoms with van der Waals surface area (Å²) in [6, 6.07) is 16.7. The largest absolute Gasteiger partial charge is 0.493 e. The van der Waals surface area contributed by atoms with Crippen LogP contribution in [0.5, 0.6) is 5.75 Å². The molecule has 2 heteroatoms. The second-order valence-electron chi connectivity index (χ2n) is 5.78. The zero-order chi connectivity index (χ0) is 14.4. The Morgan fingerprint density at radius 3 is 2.60 bits per heavy atom. The van der Waals surface area contributed by atoms with E-state index < -0.39 is 0 Å². The highest BCUT2D eigenvalue weighted by Gasteiger charge is 2.15. The summed E-state index contributed by atoms with van der Waals surface area (Å²) in [5.74, 6) is 0.947. The van der Waals surface area contributed by atoms with E-state index in [1.54, 1.807) is 0 Å². The van der Waals surface area contributed by atoms with Crippen LogP contribution in [0.2, 0.25) is 0 Å². The van der Waals surface area contributed by atoms with Crippen LogP contribution < -0.4 is 4.74 Å². The molecule has 0 aliphatic carbocycles. The van der Waals surface area contributed by atoms with Crippen LogP contribution in [0.1, 0.15) is 33.1 Å². The van der Waals surface area contributed by atoms with Crippen molar-refractivity contribution in [3.8, 4) is 11.8 Å². The number of nitrogens with zero attached hydrogens (tertiary/aromatic N) is 1. The summed E-state index contributed by atoms with van der Waals surface area (Å²) in [6.45, 7) is 4.67. The van der Waals surface area contributed by atoms with Crippen LogP contribution in [0.15, 0.2) is 42.5 Å². The minimum Gasteiger partial charge on any atom is -0.493 e. The molecular weight excluding hydrogens is 246 g/mol. The third-order valence-corrected chi connectivity index (χ3v) is 3.51. The summed E-state index contributed by atoms with van der Waals surface area (Å²) in [5, 5.41) is 11.3. The number of rotatable bonds is 6. The average Bonchev–Trinajstić information content (AvgIpc) is 2.47. The molecule has 0 radical (unpaired) electrons. The lowest BCUT2D eigenvalue weighted by Crippen LogP contribution is -2.08. The molecule has 0 amide bonds. The molecule has 2 nitrogen and oxygen atoms in total. The Kier molecular flexibility index (Phi) is 4.63. The molecule has 0 saturated heterocycles. The van der Waals surface area contributed by atoms with Gasteiger partial charge in [-0.3, -0.25) is 0 Å². The van der Waals surface area contributed by atoms with Crippen LogP contribution in [0.3, 0.4) is 0 Å². The molecule has 0 atom stereocenters. The van der Waals surface area contributed by atoms with E-state index in [-0.39, 0.29) is 5.41 Å². The van der Waals surface area contributed by atoms with Crippen LogP contribution in [0.25, 0.3) is 10.8 Å². The zero-order valence-electron chi connectivity index (χ0n) is 12.2. The SMILES string of the molecule is CC(C)(C#N)CCCCOc1cccc2ccccc12. The van der Waals surface area contributed by atoms with Gasteiger partial charge in [0, 0.05) is 5.39 Å². The van der Waals surface area contributed by atoms with Gasteiger partial charge in [0.05, 0.1) is 18.1 Å². The quantitative estimate of drug-likeness (QED) is 0.694. The van der Waals surface area contributed by atoms with Crippen LogP contribution in [0, 0.1) is 16.7 Å². The first kappa shape index (κ1) is 14.4. The van der Waals surface area contributed by atoms with E-state index in [1.165, 1.54) is 5.39 Å². The minimum atomic E-state index is -0.223. The molecular formula is C18H21NO. The maximum absolute atomic E-state index is 8.97. The topological polar surface area (TPSA) is 33.0 Å². The van der Waals surface area contributed by atoms with Gasteiger partial charge >= 0.3 is 0 Å². The van der Waals surface area contributed by atoms with Crippen molar-refractivity contribution in [2.24, 2.45) is 5.41 Å². The Balaban J connectivity index is 1.86. The molecule has 0 heterocycles. The first-order valence-corrected chi connectivity index (χ1v) is 7.14. The van der Waals surface area contributed by atoms with Gasteiger partial charge in [-0.1, -0.05) is 36.4 Å². The van der Waals surface area contributed by atoms with Crippen molar-refractivity contribution < 1.29 is 4.74 Å². The highest BCUT2D eigenvalue weighted by atomic mass is 16.5. The third-order valence-electron chi connectivity index (χ3n) is 3.51. The Hall–Kier alpha value is -2.01. The molecule has 0 saturated carbocycles. The number of benzene rings is 2. The van der Waals surface area contributed by atoms with Gasteiger partial charge in [0.2, 0.25) is 0 Å². The third kappa shape index (κ3) is 3.74. The molecule has 2 rings (SSSR count). The van der Waals surface area contributed by atoms with E-state index in [4.69, 9.17) is 10.00 Å². The molecule has 0 bridgehead atoms. The molecule has 0 aliphatic rings. The summed E-state index contributed by atoms with van der Waals surface area (Å²) in [7, 11) is 0. The summed E-state index contributed by atoms with van der Waals surface area (Å²) >= 11 is 0. The number of nitriles is 1. The molecule has 0 aliphatic heterocycles. The summed E-state index contributed by atoms with van der Waals surface area (Å²) in [5.41, 5.74) is -0.223. The molecule has 0 spiro atoms. The second kappa shape index (κ2) is 6.43. The fourth-order valence-corrected chi connectivity index (χ4v) is 2.23. The van der Waals surface area contributed by atoms with Crippen LogP contribution in [-0.2, 0) is 0 Å². The van der Waals surface area contributed by atoms with Gasteiger partial charge in [0.1, 0.15) is 5.75 Å². The van der Waals surface area contributed by atoms with Crippen molar-refractivity contribution in [2.45, 2.75) is 33.1 Å². The Labute approximate surface area is 121 Å². The molecule has 104 valence electrons. The number of unbranched alkanes of at least 4 members (excludes halogenated alkanes) is 1. The molecule has 0 fully saturated rings. The summed E-state index contributed by atoms with van der Waals surface area (Å²) in [4.78, 5) is 0. The fraction of sp³-hybridized carbons (Fsp3) is 0.389. The maximum Gasteiger partial charge on any atom is 0.127 e. The van der Waals surface area contributed by atoms with Crippen LogP contribution in [0.4, 0.5) is 0 Å². The molecule has 0 aromatic heterocycles. The van der Waals surface area contributed by atoms with Crippen molar-refractivity contribution in [1.82, 2.24) is 0 Å². The van der Waals surface area contributed by atoms with Gasteiger partial charge in [-0.15, -0.1) is 0 Å². The van der Waals surface area contributed by atoms with E-state index in [0.717, 1.165) is 30.4 Å². The smallest absolute Gasteiger partial charge is 0.127 e. The number of ether oxygens (including phenoxy) is 1. The van der Waals surface area contributed by atoms with Crippen molar-refractivity contribution in [2.75, 3.05) is 6.61 Å². The van der Waals surface area contributed by atoms with Crippen molar-refractivity contribution >= 4 is 10.8 Å². The maximum atomic E-state index is 8.97. The first-order valence-electron chi connectivity index (χ1n) is 7.14. The van der Waals surface area contributed by atoms with E-state index in [0.29, 0.717) is 6.61 Å². The van der Waals surface area contributed by atoms with Gasteiger partial charge < -0.3 is 4.74 Å². The van der Waals surface area contributed by atoms with Crippen LogP contribution >= 0.6 is 0 Å². The monoisotopic (exact) mass is 267 g/mol. The lowest BCUT2D eigenvalue weighted by atomic mass is 9.89. The molecule has 2 aromatic carbocycles. The van der Waals surface area contributed by atoms with E-state index in [1.807, 2.05) is 38.1 Å². The lowest BCUT2D eigenvalue weighted by molar-refractivity contribution is 0.298. The van der Waals surface area contributed by atoms with E-state index >= 15 is 0 Å². The highest BCUT2D eigenvalue weighted by molar-refractivity contribution is 5.88. The zero-order valence-corrected chi connectivity index (χ0v) is 12.2. The van der Waals surface area contributed by atoms with Gasteiger partial charge in [0.25, 0.3) is 0 Å². The molecule has 2 aromatic rings. The summed E-state index contributed by atoms with van der Waals surface area (Å²) in [6.07, 6.45) is 2.92. The first-order chi connectivity index (χ1) is 9.62. The molecule has 0 unspecified atom stereocenters. The van der Waals surface area contributed by atoms with Crippen LogP contribution in [-0.4, -0.2) is 6.61 Å². The molecule has 0 N–H and O–H groups in total. The van der Waals surface area contributed by atoms with Gasteiger partial charge in [-0.25, -0.2) is 0 Å². The van der Waals surface area contributed by atoms with Crippen molar-refractivity contribution in [1.29, 1.82) is 5.26 Å². The Morgan fingerprint density at radius 1 is 1.05 bits per heavy atom. The minimum absolute atomic E-state index is 0.223. The normalized spacial score (nSPS) is 11.2. The molecule has 20 heavy (non-hydrogen) atoms. The highest BCUT2D eigenvalue weighted by Crippen LogP contribution is 2.26. The van der Waals surface area contributed by atoms with E-state index in [9.17, 15) is 0 Å². The van der Waals surface area contributed by atoms with Crippen molar-refractivity contribution in [3.63, 3.8) is 0 Å². The van der Waals surface area contributed by atoms with Gasteiger partial charge in [0.15, 0.2) is 0 Å². The van der Waals surface area contributed by atoms with Gasteiger partial charge in [-0.05, 0) is 44.6 Å². The van der Waals surface area contributed by atoms with E-state index in [2.05, 4.69) is 24.3 Å².